The minimum Gasteiger partial charge on any atom is -0.258 e. The molecule has 56 heavy (non-hydrogen) atoms. The molecule has 6 aromatic carbocycles. The zero-order valence-corrected chi connectivity index (χ0v) is 31.1. The van der Waals surface area contributed by atoms with Gasteiger partial charge in [-0.2, -0.15) is 0 Å². The Morgan fingerprint density at radius 1 is 0.286 bits per heavy atom. The Kier molecular flexibility index (Phi) is 9.32. The maximum Gasteiger partial charge on any atom is 0.160 e. The molecule has 0 atom stereocenters. The molecule has 3 aromatic heterocycles. The molecule has 9 rings (SSSR count). The van der Waals surface area contributed by atoms with Crippen molar-refractivity contribution in [2.45, 2.75) is 13.8 Å². The fourth-order valence-corrected chi connectivity index (χ4v) is 7.15. The van der Waals surface area contributed by atoms with Crippen LogP contribution < -0.4 is 0 Å². The monoisotopic (exact) mass is 719 g/mol. The van der Waals surface area contributed by atoms with Gasteiger partial charge in [0.2, 0.25) is 0 Å². The zero-order valence-electron chi connectivity index (χ0n) is 31.1. The van der Waals surface area contributed by atoms with Crippen LogP contribution in [0.15, 0.2) is 188 Å². The van der Waals surface area contributed by atoms with Gasteiger partial charge in [-0.15, -0.1) is 0 Å². The highest BCUT2D eigenvalue weighted by Gasteiger charge is 2.20. The van der Waals surface area contributed by atoms with Crippen molar-refractivity contribution in [3.05, 3.63) is 199 Å². The molecule has 9 aromatic rings. The molecule has 0 aliphatic carbocycles. The van der Waals surface area contributed by atoms with Crippen LogP contribution in [0.3, 0.4) is 0 Å². The highest BCUT2D eigenvalue weighted by molar-refractivity contribution is 5.87. The fourth-order valence-electron chi connectivity index (χ4n) is 7.15. The molecule has 0 bridgehead atoms. The molecular formula is C51H37N5. The predicted molar refractivity (Wildman–Crippen MR) is 228 cm³/mol. The minimum atomic E-state index is 0.648. The van der Waals surface area contributed by atoms with Gasteiger partial charge in [0.1, 0.15) is 0 Å². The average Bonchev–Trinajstić information content (AvgIpc) is 3.27. The van der Waals surface area contributed by atoms with Crippen molar-refractivity contribution < 1.29 is 0 Å². The molecule has 0 aliphatic rings. The first kappa shape index (κ1) is 34.4. The number of aryl methyl sites for hydroxylation is 2. The Morgan fingerprint density at radius 3 is 1.23 bits per heavy atom. The van der Waals surface area contributed by atoms with Crippen molar-refractivity contribution >= 4 is 0 Å². The smallest absolute Gasteiger partial charge is 0.160 e. The van der Waals surface area contributed by atoms with Crippen LogP contribution >= 0.6 is 0 Å². The summed E-state index contributed by atoms with van der Waals surface area (Å²) in [6.07, 6.45) is 0. The quantitative estimate of drug-likeness (QED) is 0.156. The van der Waals surface area contributed by atoms with Crippen LogP contribution in [0.1, 0.15) is 11.4 Å². The van der Waals surface area contributed by atoms with E-state index in [1.165, 1.54) is 0 Å². The van der Waals surface area contributed by atoms with Gasteiger partial charge in [-0.1, -0.05) is 164 Å². The lowest BCUT2D eigenvalue weighted by molar-refractivity contribution is 1.12. The molecule has 266 valence electrons. The average molecular weight is 720 g/mol. The zero-order chi connectivity index (χ0) is 37.8. The van der Waals surface area contributed by atoms with E-state index in [4.69, 9.17) is 24.9 Å². The Bertz CT molecular complexity index is 2800. The summed E-state index contributed by atoms with van der Waals surface area (Å²) in [6, 6.07) is 64.3. The third-order valence-corrected chi connectivity index (χ3v) is 9.92. The van der Waals surface area contributed by atoms with Gasteiger partial charge >= 0.3 is 0 Å². The molecule has 0 aliphatic heterocycles. The Labute approximate surface area is 327 Å². The molecule has 3 heterocycles. The van der Waals surface area contributed by atoms with Crippen LogP contribution in [-0.2, 0) is 0 Å². The number of pyridine rings is 1. The standard InChI is InChI=1S/C51H37N5/c1-34-29-30-44(35(2)52-34)40-25-15-28-43(31-40)51-53-45(36-17-7-3-8-18-36)33-46(54-51)41-26-16-27-42(32-41)50-49(39-23-13-6-14-24-39)55-47(37-19-9-4-10-20-37)48(56-50)38-21-11-5-12-22-38/h3-33H,1-2H3. The van der Waals surface area contributed by atoms with Crippen LogP contribution in [0.5, 0.6) is 0 Å². The number of aromatic nitrogens is 5. The maximum atomic E-state index is 5.48. The molecule has 0 saturated carbocycles. The first-order valence-electron chi connectivity index (χ1n) is 18.8. The van der Waals surface area contributed by atoms with Crippen molar-refractivity contribution in [1.29, 1.82) is 0 Å². The lowest BCUT2D eigenvalue weighted by Gasteiger charge is -2.16. The van der Waals surface area contributed by atoms with Crippen molar-refractivity contribution in [3.8, 4) is 90.1 Å². The summed E-state index contributed by atoms with van der Waals surface area (Å²) in [4.78, 5) is 26.0. The van der Waals surface area contributed by atoms with E-state index in [0.717, 1.165) is 95.6 Å². The largest absolute Gasteiger partial charge is 0.258 e. The van der Waals surface area contributed by atoms with E-state index in [-0.39, 0.29) is 0 Å². The van der Waals surface area contributed by atoms with Crippen molar-refractivity contribution in [3.63, 3.8) is 0 Å². The van der Waals surface area contributed by atoms with Gasteiger partial charge in [0.15, 0.2) is 5.82 Å². The highest BCUT2D eigenvalue weighted by atomic mass is 14.9. The summed E-state index contributed by atoms with van der Waals surface area (Å²) >= 11 is 0. The predicted octanol–water partition coefficient (Wildman–Crippen LogP) is 12.6. The number of rotatable bonds is 8. The van der Waals surface area contributed by atoms with E-state index < -0.39 is 0 Å². The van der Waals surface area contributed by atoms with Gasteiger partial charge < -0.3 is 0 Å². The van der Waals surface area contributed by atoms with E-state index in [0.29, 0.717) is 5.82 Å². The van der Waals surface area contributed by atoms with Crippen molar-refractivity contribution in [2.75, 3.05) is 0 Å². The molecule has 0 amide bonds. The second-order valence-electron chi connectivity index (χ2n) is 13.8. The third kappa shape index (κ3) is 7.02. The molecule has 5 heteroatoms. The van der Waals surface area contributed by atoms with E-state index >= 15 is 0 Å². The van der Waals surface area contributed by atoms with Gasteiger partial charge in [-0.25, -0.2) is 19.9 Å². The highest BCUT2D eigenvalue weighted by Crippen LogP contribution is 2.39. The topological polar surface area (TPSA) is 64.5 Å². The lowest BCUT2D eigenvalue weighted by Crippen LogP contribution is -2.01. The molecule has 0 saturated heterocycles. The third-order valence-electron chi connectivity index (χ3n) is 9.92. The van der Waals surface area contributed by atoms with Gasteiger partial charge in [0.25, 0.3) is 0 Å². The fraction of sp³-hybridized carbons (Fsp3) is 0.0392. The summed E-state index contributed by atoms with van der Waals surface area (Å²) in [5, 5.41) is 0. The number of hydrogen-bond donors (Lipinski definition) is 0. The van der Waals surface area contributed by atoms with E-state index in [1.807, 2.05) is 79.7 Å². The molecule has 0 spiro atoms. The summed E-state index contributed by atoms with van der Waals surface area (Å²) < 4.78 is 0. The molecule has 0 fully saturated rings. The van der Waals surface area contributed by atoms with Crippen LogP contribution in [-0.4, -0.2) is 24.9 Å². The van der Waals surface area contributed by atoms with E-state index in [2.05, 4.69) is 122 Å². The summed E-state index contributed by atoms with van der Waals surface area (Å²) in [7, 11) is 0. The molecule has 0 unspecified atom stereocenters. The Morgan fingerprint density at radius 2 is 0.696 bits per heavy atom. The summed E-state index contributed by atoms with van der Waals surface area (Å²) in [5.74, 6) is 0.648. The van der Waals surface area contributed by atoms with Gasteiger partial charge in [-0.3, -0.25) is 4.98 Å². The number of nitrogens with zero attached hydrogens (tertiary/aromatic N) is 5. The van der Waals surface area contributed by atoms with Crippen LogP contribution in [0.25, 0.3) is 90.1 Å². The van der Waals surface area contributed by atoms with E-state index in [9.17, 15) is 0 Å². The first-order chi connectivity index (χ1) is 27.6. The number of benzene rings is 6. The normalized spacial score (nSPS) is 11.0. The first-order valence-corrected chi connectivity index (χ1v) is 18.8. The van der Waals surface area contributed by atoms with Crippen LogP contribution in [0.4, 0.5) is 0 Å². The second-order valence-corrected chi connectivity index (χ2v) is 13.8. The van der Waals surface area contributed by atoms with Crippen LogP contribution in [0, 0.1) is 13.8 Å². The second kappa shape index (κ2) is 15.2. The molecule has 0 N–H and O–H groups in total. The van der Waals surface area contributed by atoms with E-state index in [1.54, 1.807) is 0 Å². The van der Waals surface area contributed by atoms with Gasteiger partial charge in [-0.05, 0) is 43.7 Å². The maximum absolute atomic E-state index is 5.48. The van der Waals surface area contributed by atoms with Crippen molar-refractivity contribution in [2.24, 2.45) is 0 Å². The summed E-state index contributed by atoms with van der Waals surface area (Å²) in [5.41, 5.74) is 15.9. The van der Waals surface area contributed by atoms with Crippen LogP contribution in [0.2, 0.25) is 0 Å². The number of hydrogen-bond acceptors (Lipinski definition) is 5. The molecule has 0 radical (unpaired) electrons. The van der Waals surface area contributed by atoms with Gasteiger partial charge in [0, 0.05) is 55.9 Å². The molecular weight excluding hydrogens is 683 g/mol. The SMILES string of the molecule is Cc1ccc(-c2cccc(-c3nc(-c4ccccc4)cc(-c4cccc(-c5nc(-c6ccccc6)c(-c6ccccc6)nc5-c5ccccc5)c4)n3)c2)c(C)n1. The Hall–Kier alpha value is -7.37. The molecule has 5 nitrogen and oxygen atoms in total. The van der Waals surface area contributed by atoms with Gasteiger partial charge in [0.05, 0.1) is 34.2 Å². The minimum absolute atomic E-state index is 0.648. The Balaban J connectivity index is 1.22. The summed E-state index contributed by atoms with van der Waals surface area (Å²) in [6.45, 7) is 4.07. The lowest BCUT2D eigenvalue weighted by atomic mass is 9.97. The van der Waals surface area contributed by atoms with Crippen molar-refractivity contribution in [1.82, 2.24) is 24.9 Å².